The third-order valence-electron chi connectivity index (χ3n) is 9.17. The third-order valence-corrected chi connectivity index (χ3v) is 12.0. The molecule has 5 rings (SSSR count). The second kappa shape index (κ2) is 10.3. The van der Waals surface area contributed by atoms with Gasteiger partial charge in [-0.2, -0.15) is 26.3 Å². The highest BCUT2D eigenvalue weighted by Crippen LogP contribution is 2.58. The number of carbonyl (C=O) groups excluding carboxylic acids is 1. The Kier molecular flexibility index (Phi) is 7.59. The summed E-state index contributed by atoms with van der Waals surface area (Å²) in [6.07, 6.45) is -15.2. The van der Waals surface area contributed by atoms with E-state index in [0.717, 1.165) is 17.0 Å². The van der Waals surface area contributed by atoms with Crippen molar-refractivity contribution in [1.82, 2.24) is 4.90 Å². The SMILES string of the molecule is O=C(O)[C@H]1CC[C@](F)(C(=O)N2CCC3(S(=O)(=O)c4ccc(Cl)cc4)c4ccc(C(F)(C(F)(F)F)C(F)(F)F)cc4CC23)CC1. The third kappa shape index (κ3) is 4.59. The fraction of sp³-hybridized carbons (Fsp3) is 0.500. The van der Waals surface area contributed by atoms with Gasteiger partial charge in [-0.15, -0.1) is 0 Å². The molecule has 3 aliphatic rings. The number of rotatable bonds is 5. The van der Waals surface area contributed by atoms with E-state index in [1.807, 2.05) is 0 Å². The van der Waals surface area contributed by atoms with Crippen LogP contribution < -0.4 is 0 Å². The normalized spacial score (nSPS) is 27.6. The Bertz CT molecular complexity index is 1590. The van der Waals surface area contributed by atoms with E-state index in [0.29, 0.717) is 12.1 Å². The van der Waals surface area contributed by atoms with Crippen molar-refractivity contribution in [2.45, 2.75) is 77.9 Å². The molecule has 2 fully saturated rings. The van der Waals surface area contributed by atoms with Crippen LogP contribution in [0, 0.1) is 5.92 Å². The van der Waals surface area contributed by atoms with E-state index in [1.165, 1.54) is 12.1 Å². The summed E-state index contributed by atoms with van der Waals surface area (Å²) < 4.78 is 139. The fourth-order valence-electron chi connectivity index (χ4n) is 6.85. The summed E-state index contributed by atoms with van der Waals surface area (Å²) in [5, 5.41) is 9.41. The highest BCUT2D eigenvalue weighted by molar-refractivity contribution is 7.92. The Morgan fingerprint density at radius 3 is 2.00 bits per heavy atom. The number of benzene rings is 2. The summed E-state index contributed by atoms with van der Waals surface area (Å²) >= 11 is 5.90. The molecule has 1 N–H and O–H groups in total. The number of aliphatic carboxylic acids is 1. The van der Waals surface area contributed by atoms with Gasteiger partial charge in [-0.3, -0.25) is 9.59 Å². The zero-order valence-electron chi connectivity index (χ0n) is 22.5. The predicted molar refractivity (Wildman–Crippen MR) is 139 cm³/mol. The average molecular weight is 674 g/mol. The second-order valence-corrected chi connectivity index (χ2v) is 14.1. The minimum Gasteiger partial charge on any atom is -0.481 e. The number of halogens is 9. The molecule has 0 bridgehead atoms. The van der Waals surface area contributed by atoms with Gasteiger partial charge in [-0.05, 0) is 73.9 Å². The van der Waals surface area contributed by atoms with Gasteiger partial charge in [0.15, 0.2) is 15.5 Å². The number of sulfone groups is 1. The van der Waals surface area contributed by atoms with Crippen molar-refractivity contribution in [2.24, 2.45) is 5.92 Å². The number of carbonyl (C=O) groups is 2. The quantitative estimate of drug-likeness (QED) is 0.369. The maximum atomic E-state index is 16.1. The van der Waals surface area contributed by atoms with Crippen LogP contribution in [0.1, 0.15) is 48.8 Å². The standard InChI is InChI=1S/C28H24ClF8NO5S/c29-18-2-4-19(5-3-18)44(42,43)25-11-12-38(23(41)24(30)9-7-15(8-10-24)22(39)40)21(25)14-16-13-17(1-6-20(16)25)26(31,27(32,33)34)28(35,36)37/h1-6,13,15,21H,7-12,14H2,(H,39,40)/t15-,21?,24+,25?. The molecule has 6 nitrogen and oxygen atoms in total. The number of alkyl halides is 8. The van der Waals surface area contributed by atoms with E-state index < -0.39 is 93.4 Å². The maximum Gasteiger partial charge on any atom is 0.435 e. The minimum atomic E-state index is -6.42. The van der Waals surface area contributed by atoms with Gasteiger partial charge < -0.3 is 10.0 Å². The Morgan fingerprint density at radius 2 is 1.48 bits per heavy atom. The van der Waals surface area contributed by atoms with Crippen molar-refractivity contribution in [1.29, 1.82) is 0 Å². The van der Waals surface area contributed by atoms with Gasteiger partial charge in [0.2, 0.25) is 0 Å². The van der Waals surface area contributed by atoms with Gasteiger partial charge in [0.1, 0.15) is 4.75 Å². The van der Waals surface area contributed by atoms with Gasteiger partial charge in [0.05, 0.1) is 16.9 Å². The van der Waals surface area contributed by atoms with Gasteiger partial charge in [-0.1, -0.05) is 29.8 Å². The number of nitrogens with zero attached hydrogens (tertiary/aromatic N) is 1. The first kappa shape index (κ1) is 32.5. The minimum absolute atomic E-state index is 0.160. The molecule has 2 aliphatic carbocycles. The van der Waals surface area contributed by atoms with Crippen molar-refractivity contribution < 1.29 is 58.2 Å². The lowest BCUT2D eigenvalue weighted by molar-refractivity contribution is -0.348. The molecule has 0 radical (unpaired) electrons. The van der Waals surface area contributed by atoms with Crippen molar-refractivity contribution in [3.63, 3.8) is 0 Å². The first-order chi connectivity index (χ1) is 20.2. The Labute approximate surface area is 250 Å². The lowest BCUT2D eigenvalue weighted by Gasteiger charge is -2.38. The Hall–Kier alpha value is -2.94. The second-order valence-electron chi connectivity index (χ2n) is 11.4. The lowest BCUT2D eigenvalue weighted by Crippen LogP contribution is -2.53. The summed E-state index contributed by atoms with van der Waals surface area (Å²) in [5.41, 5.74) is -10.8. The molecule has 1 aliphatic heterocycles. The van der Waals surface area contributed by atoms with Crippen molar-refractivity contribution >= 4 is 33.3 Å². The molecule has 1 amide bonds. The number of likely N-dealkylation sites (tertiary alicyclic amines) is 1. The van der Waals surface area contributed by atoms with Crippen LogP contribution in [-0.4, -0.2) is 60.9 Å². The van der Waals surface area contributed by atoms with Crippen LogP contribution in [0.15, 0.2) is 47.4 Å². The van der Waals surface area contributed by atoms with Crippen LogP contribution in [0.25, 0.3) is 0 Å². The molecule has 1 saturated heterocycles. The Balaban J connectivity index is 1.64. The largest absolute Gasteiger partial charge is 0.481 e. The summed E-state index contributed by atoms with van der Waals surface area (Å²) in [5.74, 6) is -3.22. The molecular weight excluding hydrogens is 650 g/mol. The highest BCUT2D eigenvalue weighted by Gasteiger charge is 2.74. The number of hydrogen-bond donors (Lipinski definition) is 1. The van der Waals surface area contributed by atoms with E-state index in [9.17, 15) is 53.8 Å². The van der Waals surface area contributed by atoms with Gasteiger partial charge in [0, 0.05) is 17.1 Å². The highest BCUT2D eigenvalue weighted by atomic mass is 35.5. The van der Waals surface area contributed by atoms with Gasteiger partial charge in [0.25, 0.3) is 5.91 Å². The van der Waals surface area contributed by atoms with E-state index in [1.54, 1.807) is 0 Å². The summed E-state index contributed by atoms with van der Waals surface area (Å²) in [7, 11) is -4.60. The fourth-order valence-corrected chi connectivity index (χ4v) is 9.31. The molecule has 1 heterocycles. The number of carboxylic acid groups (broad SMARTS) is 1. The monoisotopic (exact) mass is 673 g/mol. The first-order valence-electron chi connectivity index (χ1n) is 13.4. The predicted octanol–water partition coefficient (Wildman–Crippen LogP) is 6.44. The smallest absolute Gasteiger partial charge is 0.435 e. The maximum absolute atomic E-state index is 16.1. The molecule has 2 atom stereocenters. The number of amides is 1. The molecule has 0 aromatic heterocycles. The van der Waals surface area contributed by atoms with Crippen LogP contribution in [0.2, 0.25) is 5.02 Å². The van der Waals surface area contributed by atoms with Crippen LogP contribution in [0.5, 0.6) is 0 Å². The molecule has 240 valence electrons. The zero-order valence-corrected chi connectivity index (χ0v) is 24.1. The van der Waals surface area contributed by atoms with Gasteiger partial charge >= 0.3 is 24.0 Å². The molecule has 16 heteroatoms. The van der Waals surface area contributed by atoms with Crippen LogP contribution in [-0.2, 0) is 36.3 Å². The average Bonchev–Trinajstić information content (AvgIpc) is 3.47. The molecule has 2 aromatic carbocycles. The van der Waals surface area contributed by atoms with Crippen LogP contribution in [0.3, 0.4) is 0 Å². The molecule has 44 heavy (non-hydrogen) atoms. The molecule has 2 unspecified atom stereocenters. The van der Waals surface area contributed by atoms with Crippen molar-refractivity contribution in [2.75, 3.05) is 6.54 Å². The summed E-state index contributed by atoms with van der Waals surface area (Å²) in [4.78, 5) is 25.6. The first-order valence-corrected chi connectivity index (χ1v) is 15.3. The van der Waals surface area contributed by atoms with E-state index in [-0.39, 0.29) is 46.5 Å². The Morgan fingerprint density at radius 1 is 0.909 bits per heavy atom. The zero-order chi connectivity index (χ0) is 32.7. The number of hydrogen-bond acceptors (Lipinski definition) is 4. The topological polar surface area (TPSA) is 91.8 Å². The summed E-state index contributed by atoms with van der Waals surface area (Å²) in [6, 6.07) is 4.54. The van der Waals surface area contributed by atoms with Gasteiger partial charge in [-0.25, -0.2) is 17.2 Å². The van der Waals surface area contributed by atoms with Crippen LogP contribution >= 0.6 is 11.6 Å². The van der Waals surface area contributed by atoms with E-state index in [2.05, 4.69) is 0 Å². The lowest BCUT2D eigenvalue weighted by atomic mass is 9.79. The molecule has 0 spiro atoms. The van der Waals surface area contributed by atoms with Crippen LogP contribution in [0.4, 0.5) is 35.1 Å². The van der Waals surface area contributed by atoms with E-state index >= 15 is 4.39 Å². The molecule has 1 saturated carbocycles. The number of carboxylic acids is 1. The number of fused-ring (bicyclic) bond motifs is 3. The molecular formula is C28H24ClF8NO5S. The van der Waals surface area contributed by atoms with E-state index in [4.69, 9.17) is 11.6 Å². The molecule has 2 aromatic rings. The van der Waals surface area contributed by atoms with Crippen molar-refractivity contribution in [3.05, 3.63) is 64.2 Å². The summed E-state index contributed by atoms with van der Waals surface area (Å²) in [6.45, 7) is -0.330. The van der Waals surface area contributed by atoms with Crippen molar-refractivity contribution in [3.8, 4) is 0 Å².